The molecule has 0 bridgehead atoms. The first-order chi connectivity index (χ1) is 9.07. The lowest BCUT2D eigenvalue weighted by Gasteiger charge is -2.37. The van der Waals surface area contributed by atoms with E-state index in [1.165, 1.54) is 44.5 Å². The fourth-order valence-electron chi connectivity index (χ4n) is 2.78. The van der Waals surface area contributed by atoms with Crippen LogP contribution in [0.5, 0.6) is 0 Å². The molecule has 2 heteroatoms. The summed E-state index contributed by atoms with van der Waals surface area (Å²) in [4.78, 5) is 2.60. The van der Waals surface area contributed by atoms with Crippen LogP contribution in [0.1, 0.15) is 51.1 Å². The van der Waals surface area contributed by atoms with Crippen molar-refractivity contribution < 1.29 is 0 Å². The minimum absolute atomic E-state index is 0.197. The zero-order valence-electron chi connectivity index (χ0n) is 12.4. The van der Waals surface area contributed by atoms with E-state index in [0.29, 0.717) is 5.41 Å². The van der Waals surface area contributed by atoms with Gasteiger partial charge < -0.3 is 10.6 Å². The van der Waals surface area contributed by atoms with Crippen LogP contribution in [0.3, 0.4) is 0 Å². The Morgan fingerprint density at radius 2 is 1.79 bits per heavy atom. The molecule has 19 heavy (non-hydrogen) atoms. The van der Waals surface area contributed by atoms with E-state index in [4.69, 9.17) is 5.73 Å². The summed E-state index contributed by atoms with van der Waals surface area (Å²) >= 11 is 0. The summed E-state index contributed by atoms with van der Waals surface area (Å²) in [5.41, 5.74) is 8.05. The van der Waals surface area contributed by atoms with E-state index in [1.54, 1.807) is 0 Å². The van der Waals surface area contributed by atoms with E-state index in [0.717, 1.165) is 6.42 Å². The topological polar surface area (TPSA) is 29.3 Å². The molecule has 0 aliphatic carbocycles. The third kappa shape index (κ3) is 4.63. The predicted molar refractivity (Wildman–Crippen MR) is 82.1 cm³/mol. The first-order valence-corrected chi connectivity index (χ1v) is 7.60. The summed E-state index contributed by atoms with van der Waals surface area (Å²) in [5.74, 6) is 0. The molecule has 2 N–H and O–H groups in total. The summed E-state index contributed by atoms with van der Waals surface area (Å²) in [6.45, 7) is 8.49. The molecule has 106 valence electrons. The molecular weight excluding hydrogens is 232 g/mol. The monoisotopic (exact) mass is 260 g/mol. The molecule has 1 unspecified atom stereocenters. The van der Waals surface area contributed by atoms with Crippen LogP contribution in [-0.4, -0.2) is 24.5 Å². The summed E-state index contributed by atoms with van der Waals surface area (Å²) in [5, 5.41) is 0. The maximum absolute atomic E-state index is 6.24. The van der Waals surface area contributed by atoms with Crippen LogP contribution in [-0.2, 0) is 0 Å². The second-order valence-electron chi connectivity index (χ2n) is 6.67. The molecule has 0 aromatic heterocycles. The third-order valence-corrected chi connectivity index (χ3v) is 4.43. The molecule has 1 aromatic carbocycles. The number of piperidine rings is 1. The number of hydrogen-bond donors (Lipinski definition) is 1. The number of nitrogens with two attached hydrogens (primary N) is 1. The van der Waals surface area contributed by atoms with Crippen LogP contribution in [0.25, 0.3) is 0 Å². The van der Waals surface area contributed by atoms with Gasteiger partial charge in [0.25, 0.3) is 0 Å². The number of nitrogens with zero attached hydrogens (tertiary/aromatic N) is 1. The van der Waals surface area contributed by atoms with Gasteiger partial charge in [-0.05, 0) is 56.3 Å². The highest BCUT2D eigenvalue weighted by molar-refractivity contribution is 5.18. The molecule has 1 fully saturated rings. The Hall–Kier alpha value is -0.860. The van der Waals surface area contributed by atoms with Gasteiger partial charge in [0.1, 0.15) is 0 Å². The number of likely N-dealkylation sites (tertiary alicyclic amines) is 1. The van der Waals surface area contributed by atoms with E-state index < -0.39 is 0 Å². The minimum Gasteiger partial charge on any atom is -0.324 e. The van der Waals surface area contributed by atoms with Gasteiger partial charge in [-0.25, -0.2) is 0 Å². The van der Waals surface area contributed by atoms with Crippen LogP contribution >= 0.6 is 0 Å². The molecule has 0 saturated carbocycles. The minimum atomic E-state index is 0.197. The summed E-state index contributed by atoms with van der Waals surface area (Å²) < 4.78 is 0. The van der Waals surface area contributed by atoms with E-state index in [2.05, 4.69) is 43.0 Å². The molecule has 0 spiro atoms. The second-order valence-corrected chi connectivity index (χ2v) is 6.67. The molecule has 1 aliphatic rings. The van der Waals surface area contributed by atoms with Gasteiger partial charge in [0, 0.05) is 6.04 Å². The van der Waals surface area contributed by atoms with Crippen molar-refractivity contribution in [3.05, 3.63) is 35.9 Å². The molecule has 1 aromatic rings. The quantitative estimate of drug-likeness (QED) is 0.876. The van der Waals surface area contributed by atoms with Crippen molar-refractivity contribution in [1.29, 1.82) is 0 Å². The van der Waals surface area contributed by atoms with Crippen LogP contribution < -0.4 is 5.73 Å². The largest absolute Gasteiger partial charge is 0.324 e. The van der Waals surface area contributed by atoms with Crippen molar-refractivity contribution in [2.45, 2.75) is 45.6 Å². The molecule has 0 radical (unpaired) electrons. The fraction of sp³-hybridized carbons (Fsp3) is 0.647. The van der Waals surface area contributed by atoms with E-state index in [9.17, 15) is 0 Å². The highest BCUT2D eigenvalue weighted by Gasteiger charge is 2.24. The SMILES string of the molecule is CC1(C)CCN(CCCC(N)c2ccccc2)CC1. The summed E-state index contributed by atoms with van der Waals surface area (Å²) in [7, 11) is 0. The van der Waals surface area contributed by atoms with Gasteiger partial charge in [-0.15, -0.1) is 0 Å². The van der Waals surface area contributed by atoms with Crippen molar-refractivity contribution in [3.8, 4) is 0 Å². The Labute approximate surface area is 118 Å². The van der Waals surface area contributed by atoms with Crippen LogP contribution in [0.2, 0.25) is 0 Å². The number of rotatable bonds is 5. The average Bonchev–Trinajstić information content (AvgIpc) is 2.41. The molecule has 1 aliphatic heterocycles. The van der Waals surface area contributed by atoms with Crippen molar-refractivity contribution >= 4 is 0 Å². The Morgan fingerprint density at radius 3 is 2.42 bits per heavy atom. The lowest BCUT2D eigenvalue weighted by atomic mass is 9.82. The van der Waals surface area contributed by atoms with Gasteiger partial charge in [-0.3, -0.25) is 0 Å². The summed E-state index contributed by atoms with van der Waals surface area (Å²) in [6, 6.07) is 10.7. The molecule has 1 saturated heterocycles. The van der Waals surface area contributed by atoms with Gasteiger partial charge in [-0.1, -0.05) is 44.2 Å². The lowest BCUT2D eigenvalue weighted by molar-refractivity contribution is 0.130. The van der Waals surface area contributed by atoms with Crippen molar-refractivity contribution in [2.24, 2.45) is 11.1 Å². The highest BCUT2D eigenvalue weighted by atomic mass is 15.1. The second kappa shape index (κ2) is 6.53. The maximum Gasteiger partial charge on any atom is 0.0295 e. The normalized spacial score (nSPS) is 21.2. The van der Waals surface area contributed by atoms with E-state index in [1.807, 2.05) is 6.07 Å². The molecule has 2 nitrogen and oxygen atoms in total. The lowest BCUT2D eigenvalue weighted by Crippen LogP contribution is -2.37. The van der Waals surface area contributed by atoms with Gasteiger partial charge in [0.15, 0.2) is 0 Å². The average molecular weight is 260 g/mol. The molecule has 1 atom stereocenters. The van der Waals surface area contributed by atoms with Crippen molar-refractivity contribution in [1.82, 2.24) is 4.90 Å². The first-order valence-electron chi connectivity index (χ1n) is 7.60. The molecule has 1 heterocycles. The van der Waals surface area contributed by atoms with Gasteiger partial charge in [0.05, 0.1) is 0 Å². The molecule has 2 rings (SSSR count). The fourth-order valence-corrected chi connectivity index (χ4v) is 2.78. The third-order valence-electron chi connectivity index (χ3n) is 4.43. The first kappa shape index (κ1) is 14.5. The molecule has 0 amide bonds. The Balaban J connectivity index is 1.67. The Morgan fingerprint density at radius 1 is 1.16 bits per heavy atom. The smallest absolute Gasteiger partial charge is 0.0295 e. The van der Waals surface area contributed by atoms with Crippen LogP contribution in [0.15, 0.2) is 30.3 Å². The van der Waals surface area contributed by atoms with Gasteiger partial charge >= 0.3 is 0 Å². The number of benzene rings is 1. The zero-order chi connectivity index (χ0) is 13.7. The summed E-state index contributed by atoms with van der Waals surface area (Å²) in [6.07, 6.45) is 4.95. The van der Waals surface area contributed by atoms with Crippen molar-refractivity contribution in [2.75, 3.05) is 19.6 Å². The number of hydrogen-bond acceptors (Lipinski definition) is 2. The Bertz CT molecular complexity index is 362. The van der Waals surface area contributed by atoms with Gasteiger partial charge in [-0.2, -0.15) is 0 Å². The zero-order valence-corrected chi connectivity index (χ0v) is 12.4. The van der Waals surface area contributed by atoms with E-state index >= 15 is 0 Å². The standard InChI is InChI=1S/C17H28N2/c1-17(2)10-13-19(14-11-17)12-6-9-16(18)15-7-4-3-5-8-15/h3-5,7-8,16H,6,9-14,18H2,1-2H3. The highest BCUT2D eigenvalue weighted by Crippen LogP contribution is 2.29. The Kier molecular flexibility index (Phi) is 5.00. The predicted octanol–water partition coefficient (Wildman–Crippen LogP) is 3.59. The maximum atomic E-state index is 6.24. The molecular formula is C17H28N2. The van der Waals surface area contributed by atoms with Crippen LogP contribution in [0.4, 0.5) is 0 Å². The van der Waals surface area contributed by atoms with Crippen molar-refractivity contribution in [3.63, 3.8) is 0 Å². The van der Waals surface area contributed by atoms with Crippen LogP contribution in [0, 0.1) is 5.41 Å². The van der Waals surface area contributed by atoms with Gasteiger partial charge in [0.2, 0.25) is 0 Å². The van der Waals surface area contributed by atoms with E-state index in [-0.39, 0.29) is 6.04 Å².